The SMILES string of the molecule is CN(C)C/C=C/C(=O)Nc1cccc(S(=O)(=O)N2CCC(NC(=O)c3n[nH]cc3NC(=O)c3c(F)cccc3F)CC2)c1. The van der Waals surface area contributed by atoms with Crippen molar-refractivity contribution in [3.05, 3.63) is 83.7 Å². The fourth-order valence-corrected chi connectivity index (χ4v) is 5.91. The number of piperidine rings is 1. The Labute approximate surface area is 247 Å². The molecule has 3 amide bonds. The number of hydrogen-bond donors (Lipinski definition) is 4. The Morgan fingerprint density at radius 1 is 1.05 bits per heavy atom. The summed E-state index contributed by atoms with van der Waals surface area (Å²) in [6, 6.07) is 8.57. The molecule has 0 bridgehead atoms. The number of anilines is 2. The zero-order valence-electron chi connectivity index (χ0n) is 23.4. The third kappa shape index (κ3) is 7.88. The van der Waals surface area contributed by atoms with E-state index in [2.05, 4.69) is 26.1 Å². The summed E-state index contributed by atoms with van der Waals surface area (Å²) in [6.45, 7) is 0.816. The van der Waals surface area contributed by atoms with Gasteiger partial charge in [-0.05, 0) is 57.3 Å². The summed E-state index contributed by atoms with van der Waals surface area (Å²) >= 11 is 0. The van der Waals surface area contributed by atoms with Crippen molar-refractivity contribution in [2.45, 2.75) is 23.8 Å². The Balaban J connectivity index is 1.34. The molecule has 1 fully saturated rings. The van der Waals surface area contributed by atoms with Gasteiger partial charge < -0.3 is 20.9 Å². The van der Waals surface area contributed by atoms with Crippen LogP contribution in [0.2, 0.25) is 0 Å². The van der Waals surface area contributed by atoms with Crippen molar-refractivity contribution >= 4 is 39.1 Å². The van der Waals surface area contributed by atoms with Gasteiger partial charge in [-0.2, -0.15) is 9.40 Å². The van der Waals surface area contributed by atoms with E-state index in [-0.39, 0.29) is 35.3 Å². The van der Waals surface area contributed by atoms with Crippen molar-refractivity contribution < 1.29 is 31.6 Å². The van der Waals surface area contributed by atoms with Crippen molar-refractivity contribution in [2.75, 3.05) is 44.4 Å². The highest BCUT2D eigenvalue weighted by Crippen LogP contribution is 2.24. The minimum absolute atomic E-state index is 0.0215. The van der Waals surface area contributed by atoms with Gasteiger partial charge in [-0.15, -0.1) is 0 Å². The van der Waals surface area contributed by atoms with E-state index in [0.29, 0.717) is 25.1 Å². The molecule has 43 heavy (non-hydrogen) atoms. The molecule has 2 aromatic carbocycles. The van der Waals surface area contributed by atoms with Crippen LogP contribution in [0.3, 0.4) is 0 Å². The van der Waals surface area contributed by atoms with Crippen molar-refractivity contribution in [3.8, 4) is 0 Å². The van der Waals surface area contributed by atoms with Crippen molar-refractivity contribution in [2.24, 2.45) is 0 Å². The largest absolute Gasteiger partial charge is 0.348 e. The van der Waals surface area contributed by atoms with E-state index in [0.717, 1.165) is 18.2 Å². The number of nitrogens with one attached hydrogen (secondary N) is 4. The molecule has 0 radical (unpaired) electrons. The van der Waals surface area contributed by atoms with E-state index in [1.54, 1.807) is 18.2 Å². The van der Waals surface area contributed by atoms with Gasteiger partial charge in [0.15, 0.2) is 5.69 Å². The topological polar surface area (TPSA) is 157 Å². The number of nitrogens with zero attached hydrogens (tertiary/aromatic N) is 3. The van der Waals surface area contributed by atoms with Gasteiger partial charge in [0.1, 0.15) is 17.2 Å². The van der Waals surface area contributed by atoms with Crippen molar-refractivity contribution in [3.63, 3.8) is 0 Å². The Morgan fingerprint density at radius 2 is 1.72 bits per heavy atom. The third-order valence-corrected chi connectivity index (χ3v) is 8.46. The first-order valence-corrected chi connectivity index (χ1v) is 14.7. The number of sulfonamides is 1. The Kier molecular flexibility index (Phi) is 10.0. The number of halogens is 2. The van der Waals surface area contributed by atoms with Gasteiger partial charge in [0.05, 0.1) is 10.6 Å². The second-order valence-corrected chi connectivity index (χ2v) is 12.0. The van der Waals surface area contributed by atoms with Gasteiger partial charge in [-0.25, -0.2) is 17.2 Å². The summed E-state index contributed by atoms with van der Waals surface area (Å²) in [5.74, 6) is -4.24. The molecule has 0 unspecified atom stereocenters. The standard InChI is InChI=1S/C28H31F2N7O5S/c1-36(2)13-5-10-24(38)32-19-6-3-7-20(16-19)43(41,42)37-14-11-18(12-15-37)33-28(40)26-23(17-31-35-26)34-27(39)25-21(29)8-4-9-22(25)30/h3-10,16-18H,11-15H2,1-2H3,(H,31,35)(H,32,38)(H,33,40)(H,34,39)/b10-5+. The predicted octanol–water partition coefficient (Wildman–Crippen LogP) is 2.58. The molecule has 1 aliphatic rings. The van der Waals surface area contributed by atoms with E-state index >= 15 is 0 Å². The number of carbonyl (C=O) groups is 3. The lowest BCUT2D eigenvalue weighted by Gasteiger charge is -2.31. The molecule has 4 N–H and O–H groups in total. The van der Waals surface area contributed by atoms with E-state index < -0.39 is 45.1 Å². The molecule has 1 aliphatic heterocycles. The first kappa shape index (κ1) is 31.5. The quantitative estimate of drug-likeness (QED) is 0.256. The van der Waals surface area contributed by atoms with Crippen LogP contribution in [-0.4, -0.2) is 85.3 Å². The fraction of sp³-hybridized carbons (Fsp3) is 0.286. The van der Waals surface area contributed by atoms with Crippen LogP contribution in [0, 0.1) is 11.6 Å². The number of carbonyl (C=O) groups excluding carboxylic acids is 3. The first-order chi connectivity index (χ1) is 20.5. The highest BCUT2D eigenvalue weighted by Gasteiger charge is 2.31. The predicted molar refractivity (Wildman–Crippen MR) is 155 cm³/mol. The molecule has 3 aromatic rings. The summed E-state index contributed by atoms with van der Waals surface area (Å²) in [6.07, 6.45) is 4.87. The minimum Gasteiger partial charge on any atom is -0.348 e. The van der Waals surface area contributed by atoms with Crippen molar-refractivity contribution in [1.82, 2.24) is 24.7 Å². The van der Waals surface area contributed by atoms with Gasteiger partial charge >= 0.3 is 0 Å². The Morgan fingerprint density at radius 3 is 2.40 bits per heavy atom. The average molecular weight is 616 g/mol. The molecule has 15 heteroatoms. The molecule has 12 nitrogen and oxygen atoms in total. The lowest BCUT2D eigenvalue weighted by molar-refractivity contribution is -0.111. The van der Waals surface area contributed by atoms with Crippen LogP contribution >= 0.6 is 0 Å². The lowest BCUT2D eigenvalue weighted by atomic mass is 10.1. The van der Waals surface area contributed by atoms with Gasteiger partial charge in [0, 0.05) is 43.6 Å². The monoisotopic (exact) mass is 615 g/mol. The van der Waals surface area contributed by atoms with Gasteiger partial charge in [-0.3, -0.25) is 19.5 Å². The van der Waals surface area contributed by atoms with Crippen LogP contribution in [0.4, 0.5) is 20.2 Å². The highest BCUT2D eigenvalue weighted by atomic mass is 32.2. The van der Waals surface area contributed by atoms with Crippen LogP contribution in [0.1, 0.15) is 33.7 Å². The lowest BCUT2D eigenvalue weighted by Crippen LogP contribution is -2.46. The number of benzene rings is 2. The fourth-order valence-electron chi connectivity index (χ4n) is 4.39. The van der Waals surface area contributed by atoms with Crippen LogP contribution in [0.25, 0.3) is 0 Å². The van der Waals surface area contributed by atoms with E-state index in [9.17, 15) is 31.6 Å². The van der Waals surface area contributed by atoms with E-state index in [1.807, 2.05) is 19.0 Å². The number of hydrogen-bond acceptors (Lipinski definition) is 7. The second-order valence-electron chi connectivity index (χ2n) is 10.0. The second kappa shape index (κ2) is 13.7. The number of amides is 3. The maximum Gasteiger partial charge on any atom is 0.274 e. The maximum absolute atomic E-state index is 14.0. The summed E-state index contributed by atoms with van der Waals surface area (Å²) in [7, 11) is -0.146. The molecule has 0 atom stereocenters. The Bertz CT molecular complexity index is 1610. The highest BCUT2D eigenvalue weighted by molar-refractivity contribution is 7.89. The summed E-state index contributed by atoms with van der Waals surface area (Å²) < 4.78 is 55.9. The molecular weight excluding hydrogens is 584 g/mol. The molecular formula is C28H31F2N7O5S. The summed E-state index contributed by atoms with van der Waals surface area (Å²) in [5.41, 5.74) is -0.739. The van der Waals surface area contributed by atoms with Gasteiger partial charge in [0.25, 0.3) is 11.8 Å². The Hall–Kier alpha value is -4.47. The van der Waals surface area contributed by atoms with Crippen LogP contribution < -0.4 is 16.0 Å². The molecule has 4 rings (SSSR count). The van der Waals surface area contributed by atoms with Gasteiger partial charge in [-0.1, -0.05) is 18.2 Å². The average Bonchev–Trinajstić information content (AvgIpc) is 3.41. The summed E-state index contributed by atoms with van der Waals surface area (Å²) in [5, 5.41) is 14.0. The third-order valence-electron chi connectivity index (χ3n) is 6.56. The number of aromatic amines is 1. The molecule has 228 valence electrons. The summed E-state index contributed by atoms with van der Waals surface area (Å²) in [4.78, 5) is 39.4. The minimum atomic E-state index is -3.88. The normalized spacial score (nSPS) is 14.6. The van der Waals surface area contributed by atoms with E-state index in [4.69, 9.17) is 0 Å². The molecule has 1 saturated heterocycles. The molecule has 1 aromatic heterocycles. The van der Waals surface area contributed by atoms with Crippen molar-refractivity contribution in [1.29, 1.82) is 0 Å². The number of aromatic nitrogens is 2. The van der Waals surface area contributed by atoms with Gasteiger partial charge in [0.2, 0.25) is 15.9 Å². The molecule has 0 spiro atoms. The molecule has 2 heterocycles. The maximum atomic E-state index is 14.0. The zero-order valence-corrected chi connectivity index (χ0v) is 24.2. The van der Waals surface area contributed by atoms with Crippen LogP contribution in [-0.2, 0) is 14.8 Å². The molecule has 0 aliphatic carbocycles. The smallest absolute Gasteiger partial charge is 0.274 e. The number of H-pyrrole nitrogens is 1. The zero-order chi connectivity index (χ0) is 31.1. The molecule has 0 saturated carbocycles. The van der Waals surface area contributed by atoms with E-state index in [1.165, 1.54) is 28.7 Å². The van der Waals surface area contributed by atoms with Crippen LogP contribution in [0.5, 0.6) is 0 Å². The van der Waals surface area contributed by atoms with Crippen LogP contribution in [0.15, 0.2) is 65.7 Å². The number of likely N-dealkylation sites (N-methyl/N-ethyl adjacent to an activating group) is 1. The first-order valence-electron chi connectivity index (χ1n) is 13.3. The number of rotatable bonds is 10.